The lowest BCUT2D eigenvalue weighted by Gasteiger charge is -2.16. The molecule has 2 aromatic rings. The quantitative estimate of drug-likeness (QED) is 0.888. The summed E-state index contributed by atoms with van der Waals surface area (Å²) in [6.07, 6.45) is 2.33. The summed E-state index contributed by atoms with van der Waals surface area (Å²) < 4.78 is 0. The number of hydrogen-bond acceptors (Lipinski definition) is 1. The lowest BCUT2D eigenvalue weighted by Crippen LogP contribution is -2.29. The van der Waals surface area contributed by atoms with Crippen molar-refractivity contribution in [3.8, 4) is 0 Å². The van der Waals surface area contributed by atoms with Crippen LogP contribution in [0.25, 0.3) is 0 Å². The summed E-state index contributed by atoms with van der Waals surface area (Å²) in [5, 5.41) is 3.75. The van der Waals surface area contributed by atoms with Crippen LogP contribution in [0, 0.1) is 20.8 Å². The Kier molecular flexibility index (Phi) is 3.62. The van der Waals surface area contributed by atoms with Gasteiger partial charge >= 0.3 is 0 Å². The van der Waals surface area contributed by atoms with Gasteiger partial charge in [0.1, 0.15) is 0 Å². The first-order valence-electron chi connectivity index (χ1n) is 7.50. The van der Waals surface area contributed by atoms with Crippen molar-refractivity contribution in [3.63, 3.8) is 0 Å². The SMILES string of the molecule is Cc1cc(C)c(CNC2Cc3ccccc3C2)c(C)c1. The molecule has 0 atom stereocenters. The summed E-state index contributed by atoms with van der Waals surface area (Å²) in [5.74, 6) is 0. The van der Waals surface area contributed by atoms with Crippen LogP contribution in [0.3, 0.4) is 0 Å². The first-order valence-corrected chi connectivity index (χ1v) is 7.50. The molecule has 0 aromatic heterocycles. The molecule has 0 saturated heterocycles. The molecule has 0 spiro atoms. The molecule has 0 fully saturated rings. The number of hydrogen-bond donors (Lipinski definition) is 1. The molecule has 1 N–H and O–H groups in total. The summed E-state index contributed by atoms with van der Waals surface area (Å²) in [7, 11) is 0. The summed E-state index contributed by atoms with van der Waals surface area (Å²) in [4.78, 5) is 0. The number of rotatable bonds is 3. The van der Waals surface area contributed by atoms with Gasteiger partial charge in [0.25, 0.3) is 0 Å². The maximum Gasteiger partial charge on any atom is 0.0213 e. The molecular formula is C19H23N. The Morgan fingerprint density at radius 2 is 1.50 bits per heavy atom. The van der Waals surface area contributed by atoms with Crippen molar-refractivity contribution in [1.29, 1.82) is 0 Å². The minimum atomic E-state index is 0.590. The van der Waals surface area contributed by atoms with Gasteiger partial charge in [0.05, 0.1) is 0 Å². The van der Waals surface area contributed by atoms with Crippen molar-refractivity contribution in [2.24, 2.45) is 0 Å². The van der Waals surface area contributed by atoms with Gasteiger partial charge in [0, 0.05) is 12.6 Å². The molecule has 0 bridgehead atoms. The third kappa shape index (κ3) is 2.64. The summed E-state index contributed by atoms with van der Waals surface area (Å²) in [6.45, 7) is 7.60. The number of fused-ring (bicyclic) bond motifs is 1. The van der Waals surface area contributed by atoms with E-state index in [-0.39, 0.29) is 0 Å². The first kappa shape index (κ1) is 13.4. The van der Waals surface area contributed by atoms with Crippen LogP contribution in [-0.4, -0.2) is 6.04 Å². The molecule has 1 heteroatoms. The molecule has 3 rings (SSSR count). The Labute approximate surface area is 122 Å². The zero-order valence-electron chi connectivity index (χ0n) is 12.7. The second-order valence-corrected chi connectivity index (χ2v) is 6.13. The third-order valence-electron chi connectivity index (χ3n) is 4.46. The van der Waals surface area contributed by atoms with E-state index in [1.807, 2.05) is 0 Å². The predicted molar refractivity (Wildman–Crippen MR) is 85.1 cm³/mol. The van der Waals surface area contributed by atoms with Gasteiger partial charge in [-0.15, -0.1) is 0 Å². The maximum absolute atomic E-state index is 3.75. The average Bonchev–Trinajstić information content (AvgIpc) is 2.80. The van der Waals surface area contributed by atoms with Crippen molar-refractivity contribution in [2.45, 2.75) is 46.2 Å². The van der Waals surface area contributed by atoms with Crippen molar-refractivity contribution in [1.82, 2.24) is 5.32 Å². The zero-order valence-corrected chi connectivity index (χ0v) is 12.7. The van der Waals surface area contributed by atoms with Crippen molar-refractivity contribution < 1.29 is 0 Å². The Morgan fingerprint density at radius 3 is 2.05 bits per heavy atom. The van der Waals surface area contributed by atoms with Gasteiger partial charge in [-0.2, -0.15) is 0 Å². The van der Waals surface area contributed by atoms with Crippen LogP contribution in [0.4, 0.5) is 0 Å². The maximum atomic E-state index is 3.75. The molecule has 0 aliphatic heterocycles. The molecule has 1 aliphatic rings. The van der Waals surface area contributed by atoms with Crippen LogP contribution in [0.15, 0.2) is 36.4 Å². The highest BCUT2D eigenvalue weighted by Gasteiger charge is 2.20. The van der Waals surface area contributed by atoms with E-state index in [9.17, 15) is 0 Å². The molecule has 0 heterocycles. The highest BCUT2D eigenvalue weighted by Crippen LogP contribution is 2.23. The van der Waals surface area contributed by atoms with Gasteiger partial charge in [-0.25, -0.2) is 0 Å². The van der Waals surface area contributed by atoms with Gasteiger partial charge < -0.3 is 5.32 Å². The zero-order chi connectivity index (χ0) is 14.1. The molecule has 2 aromatic carbocycles. The van der Waals surface area contributed by atoms with E-state index < -0.39 is 0 Å². The summed E-state index contributed by atoms with van der Waals surface area (Å²) in [5.41, 5.74) is 8.67. The summed E-state index contributed by atoms with van der Waals surface area (Å²) >= 11 is 0. The lowest BCUT2D eigenvalue weighted by atomic mass is 9.99. The van der Waals surface area contributed by atoms with Crippen LogP contribution in [0.1, 0.15) is 33.4 Å². The monoisotopic (exact) mass is 265 g/mol. The van der Waals surface area contributed by atoms with Crippen LogP contribution in [0.5, 0.6) is 0 Å². The minimum absolute atomic E-state index is 0.590. The second-order valence-electron chi connectivity index (χ2n) is 6.13. The van der Waals surface area contributed by atoms with Crippen molar-refractivity contribution in [3.05, 3.63) is 69.8 Å². The molecule has 0 saturated carbocycles. The third-order valence-corrected chi connectivity index (χ3v) is 4.46. The molecule has 0 amide bonds. The van der Waals surface area contributed by atoms with E-state index in [0.29, 0.717) is 6.04 Å². The fraction of sp³-hybridized carbons (Fsp3) is 0.368. The average molecular weight is 265 g/mol. The van der Waals surface area contributed by atoms with E-state index in [4.69, 9.17) is 0 Å². The molecule has 104 valence electrons. The van der Waals surface area contributed by atoms with E-state index in [1.54, 1.807) is 0 Å². The van der Waals surface area contributed by atoms with E-state index >= 15 is 0 Å². The van der Waals surface area contributed by atoms with Crippen LogP contribution in [0.2, 0.25) is 0 Å². The summed E-state index contributed by atoms with van der Waals surface area (Å²) in [6, 6.07) is 14.0. The van der Waals surface area contributed by atoms with Gasteiger partial charge in [-0.1, -0.05) is 42.0 Å². The number of nitrogens with one attached hydrogen (secondary N) is 1. The van der Waals surface area contributed by atoms with Gasteiger partial charge in [-0.3, -0.25) is 0 Å². The van der Waals surface area contributed by atoms with Crippen molar-refractivity contribution in [2.75, 3.05) is 0 Å². The Bertz CT molecular complexity index is 579. The molecule has 0 unspecified atom stereocenters. The Hall–Kier alpha value is -1.60. The fourth-order valence-corrected chi connectivity index (χ4v) is 3.44. The largest absolute Gasteiger partial charge is 0.309 e. The Balaban J connectivity index is 1.67. The van der Waals surface area contributed by atoms with Crippen molar-refractivity contribution >= 4 is 0 Å². The standard InChI is InChI=1S/C19H23N/c1-13-8-14(2)19(15(3)9-13)12-20-18-10-16-6-4-5-7-17(16)11-18/h4-9,18,20H,10-12H2,1-3H3. The lowest BCUT2D eigenvalue weighted by molar-refractivity contribution is 0.531. The van der Waals surface area contributed by atoms with Gasteiger partial charge in [-0.05, 0) is 61.4 Å². The molecule has 20 heavy (non-hydrogen) atoms. The second kappa shape index (κ2) is 5.41. The van der Waals surface area contributed by atoms with Crippen LogP contribution in [-0.2, 0) is 19.4 Å². The molecule has 0 radical (unpaired) electrons. The normalized spacial score (nSPS) is 14.6. The topological polar surface area (TPSA) is 12.0 Å². The molecule has 1 aliphatic carbocycles. The number of aryl methyl sites for hydroxylation is 3. The molecule has 1 nitrogen and oxygen atoms in total. The predicted octanol–water partition coefficient (Wildman–Crippen LogP) is 3.87. The Morgan fingerprint density at radius 1 is 0.950 bits per heavy atom. The van der Waals surface area contributed by atoms with Crippen LogP contribution >= 0.6 is 0 Å². The number of benzene rings is 2. The minimum Gasteiger partial charge on any atom is -0.309 e. The fourth-order valence-electron chi connectivity index (χ4n) is 3.44. The highest BCUT2D eigenvalue weighted by atomic mass is 14.9. The van der Waals surface area contributed by atoms with E-state index in [0.717, 1.165) is 6.54 Å². The highest BCUT2D eigenvalue weighted by molar-refractivity contribution is 5.38. The van der Waals surface area contributed by atoms with Crippen LogP contribution < -0.4 is 5.32 Å². The van der Waals surface area contributed by atoms with Gasteiger partial charge in [0.2, 0.25) is 0 Å². The smallest absolute Gasteiger partial charge is 0.0213 e. The van der Waals surface area contributed by atoms with Gasteiger partial charge in [0.15, 0.2) is 0 Å². The molecular weight excluding hydrogens is 242 g/mol. The van der Waals surface area contributed by atoms with E-state index in [1.165, 1.54) is 46.2 Å². The van der Waals surface area contributed by atoms with E-state index in [2.05, 4.69) is 62.5 Å². The first-order chi connectivity index (χ1) is 9.63.